The van der Waals surface area contributed by atoms with Gasteiger partial charge in [0.2, 0.25) is 0 Å². The van der Waals surface area contributed by atoms with Crippen molar-refractivity contribution in [2.75, 3.05) is 20.2 Å². The molecule has 2 fully saturated rings. The van der Waals surface area contributed by atoms with Crippen LogP contribution in [0.15, 0.2) is 0 Å². The van der Waals surface area contributed by atoms with Gasteiger partial charge in [0.15, 0.2) is 0 Å². The number of hydrogen-bond acceptors (Lipinski definition) is 3. The number of nitrogens with zero attached hydrogens (tertiary/aromatic N) is 1. The summed E-state index contributed by atoms with van der Waals surface area (Å²) in [6.45, 7) is 2.35. The Morgan fingerprint density at radius 2 is 2.07 bits per heavy atom. The minimum atomic E-state index is -0.0721. The van der Waals surface area contributed by atoms with E-state index in [9.17, 15) is 4.79 Å². The molecule has 0 heterocycles. The number of carbonyl (C=O) groups is 1. The van der Waals surface area contributed by atoms with Crippen molar-refractivity contribution in [1.82, 2.24) is 4.90 Å². The molecule has 0 saturated heterocycles. The molecule has 86 valence electrons. The molecule has 0 N–H and O–H groups in total. The van der Waals surface area contributed by atoms with Crippen LogP contribution in [0.3, 0.4) is 0 Å². The summed E-state index contributed by atoms with van der Waals surface area (Å²) in [5.74, 6) is 0.890. The van der Waals surface area contributed by atoms with E-state index in [0.717, 1.165) is 24.9 Å². The Morgan fingerprint density at radius 1 is 1.33 bits per heavy atom. The lowest BCUT2D eigenvalue weighted by molar-refractivity contribution is -0.140. The van der Waals surface area contributed by atoms with Crippen LogP contribution in [0.5, 0.6) is 0 Å². The van der Waals surface area contributed by atoms with E-state index in [1.54, 1.807) is 0 Å². The Morgan fingerprint density at radius 3 is 2.60 bits per heavy atom. The first-order chi connectivity index (χ1) is 7.29. The van der Waals surface area contributed by atoms with Crippen molar-refractivity contribution < 1.29 is 9.53 Å². The summed E-state index contributed by atoms with van der Waals surface area (Å²) >= 11 is 0. The summed E-state index contributed by atoms with van der Waals surface area (Å²) in [5.41, 5.74) is 0. The number of methoxy groups -OCH3 is 1. The lowest BCUT2D eigenvalue weighted by Crippen LogP contribution is -2.29. The van der Waals surface area contributed by atoms with E-state index in [4.69, 9.17) is 0 Å². The monoisotopic (exact) mass is 211 g/mol. The second-order valence-electron chi connectivity index (χ2n) is 4.85. The van der Waals surface area contributed by atoms with Crippen molar-refractivity contribution in [3.63, 3.8) is 0 Å². The molecule has 3 heteroatoms. The molecule has 0 bridgehead atoms. The molecule has 0 amide bonds. The molecule has 2 saturated carbocycles. The number of rotatable bonds is 7. The van der Waals surface area contributed by atoms with Crippen LogP contribution >= 0.6 is 0 Å². The molecule has 0 aliphatic heterocycles. The summed E-state index contributed by atoms with van der Waals surface area (Å²) in [4.78, 5) is 13.6. The first kappa shape index (κ1) is 10.9. The molecule has 2 aliphatic carbocycles. The molecule has 2 aliphatic rings. The van der Waals surface area contributed by atoms with Crippen LogP contribution in [0.25, 0.3) is 0 Å². The number of esters is 1. The van der Waals surface area contributed by atoms with Gasteiger partial charge in [0.05, 0.1) is 7.11 Å². The third-order valence-electron chi connectivity index (χ3n) is 3.31. The molecular weight excluding hydrogens is 190 g/mol. The van der Waals surface area contributed by atoms with Crippen molar-refractivity contribution >= 4 is 5.97 Å². The van der Waals surface area contributed by atoms with E-state index in [1.807, 2.05) is 0 Å². The van der Waals surface area contributed by atoms with Crippen LogP contribution in [0.4, 0.5) is 0 Å². The first-order valence-electron chi connectivity index (χ1n) is 6.10. The zero-order chi connectivity index (χ0) is 10.7. The molecule has 0 spiro atoms. The molecule has 15 heavy (non-hydrogen) atoms. The number of ether oxygens (including phenoxy) is 1. The van der Waals surface area contributed by atoms with Crippen LogP contribution < -0.4 is 0 Å². The highest BCUT2D eigenvalue weighted by molar-refractivity contribution is 5.69. The van der Waals surface area contributed by atoms with Crippen LogP contribution in [-0.2, 0) is 9.53 Å². The van der Waals surface area contributed by atoms with Gasteiger partial charge in [-0.25, -0.2) is 0 Å². The van der Waals surface area contributed by atoms with Crippen LogP contribution in [0.1, 0.15) is 38.5 Å². The fourth-order valence-corrected chi connectivity index (χ4v) is 2.02. The molecule has 0 atom stereocenters. The SMILES string of the molecule is COC(=O)CCCN(CC1CC1)C1CC1. The van der Waals surface area contributed by atoms with E-state index < -0.39 is 0 Å². The molecule has 3 nitrogen and oxygen atoms in total. The van der Waals surface area contributed by atoms with Gasteiger partial charge < -0.3 is 9.64 Å². The Hall–Kier alpha value is -0.570. The summed E-state index contributed by atoms with van der Waals surface area (Å²) in [6.07, 6.45) is 7.09. The van der Waals surface area contributed by atoms with Crippen LogP contribution in [0, 0.1) is 5.92 Å². The second-order valence-corrected chi connectivity index (χ2v) is 4.85. The van der Waals surface area contributed by atoms with E-state index >= 15 is 0 Å². The molecule has 0 aromatic rings. The Bertz CT molecular complexity index is 222. The molecule has 0 aromatic carbocycles. The molecule has 0 radical (unpaired) electrons. The minimum absolute atomic E-state index is 0.0721. The third kappa shape index (κ3) is 3.82. The third-order valence-corrected chi connectivity index (χ3v) is 3.31. The molecule has 2 rings (SSSR count). The number of hydrogen-bond donors (Lipinski definition) is 0. The van der Waals surface area contributed by atoms with Gasteiger partial charge in [0.1, 0.15) is 0 Å². The van der Waals surface area contributed by atoms with Crippen molar-refractivity contribution in [3.8, 4) is 0 Å². The van der Waals surface area contributed by atoms with Crippen molar-refractivity contribution in [2.45, 2.75) is 44.6 Å². The normalized spacial score (nSPS) is 20.7. The largest absolute Gasteiger partial charge is 0.469 e. The van der Waals surface area contributed by atoms with Gasteiger partial charge in [0, 0.05) is 19.0 Å². The standard InChI is InChI=1S/C12H21NO2/c1-15-12(14)3-2-8-13(11-6-7-11)9-10-4-5-10/h10-11H,2-9H2,1H3. The average molecular weight is 211 g/mol. The smallest absolute Gasteiger partial charge is 0.305 e. The predicted molar refractivity (Wildman–Crippen MR) is 58.6 cm³/mol. The summed E-state index contributed by atoms with van der Waals surface area (Å²) in [6, 6.07) is 0.836. The van der Waals surface area contributed by atoms with Gasteiger partial charge >= 0.3 is 5.97 Å². The number of carbonyl (C=O) groups excluding carboxylic acids is 1. The lowest BCUT2D eigenvalue weighted by Gasteiger charge is -2.21. The maximum atomic E-state index is 11.0. The van der Waals surface area contributed by atoms with Gasteiger partial charge in [-0.3, -0.25) is 4.79 Å². The molecule has 0 aromatic heterocycles. The topological polar surface area (TPSA) is 29.5 Å². The van der Waals surface area contributed by atoms with E-state index in [1.165, 1.54) is 39.3 Å². The van der Waals surface area contributed by atoms with E-state index in [2.05, 4.69) is 9.64 Å². The second kappa shape index (κ2) is 4.97. The maximum Gasteiger partial charge on any atom is 0.305 e. The summed E-state index contributed by atoms with van der Waals surface area (Å²) in [7, 11) is 1.46. The quantitative estimate of drug-likeness (QED) is 0.601. The van der Waals surface area contributed by atoms with Gasteiger partial charge in [-0.1, -0.05) is 0 Å². The summed E-state index contributed by atoms with van der Waals surface area (Å²) in [5, 5.41) is 0. The highest BCUT2D eigenvalue weighted by Gasteiger charge is 2.33. The van der Waals surface area contributed by atoms with E-state index in [0.29, 0.717) is 6.42 Å². The minimum Gasteiger partial charge on any atom is -0.469 e. The zero-order valence-electron chi connectivity index (χ0n) is 9.58. The molecule has 0 unspecified atom stereocenters. The molecular formula is C12H21NO2. The maximum absolute atomic E-state index is 11.0. The van der Waals surface area contributed by atoms with Crippen molar-refractivity contribution in [3.05, 3.63) is 0 Å². The highest BCUT2D eigenvalue weighted by atomic mass is 16.5. The first-order valence-corrected chi connectivity index (χ1v) is 6.10. The lowest BCUT2D eigenvalue weighted by atomic mass is 10.2. The Balaban J connectivity index is 1.62. The van der Waals surface area contributed by atoms with Gasteiger partial charge in [-0.05, 0) is 44.6 Å². The highest BCUT2D eigenvalue weighted by Crippen LogP contribution is 2.34. The predicted octanol–water partition coefficient (Wildman–Crippen LogP) is 1.81. The fraction of sp³-hybridized carbons (Fsp3) is 0.917. The Labute approximate surface area is 91.8 Å². The van der Waals surface area contributed by atoms with Gasteiger partial charge in [0.25, 0.3) is 0 Å². The fourth-order valence-electron chi connectivity index (χ4n) is 2.02. The van der Waals surface area contributed by atoms with Crippen molar-refractivity contribution in [1.29, 1.82) is 0 Å². The van der Waals surface area contributed by atoms with E-state index in [-0.39, 0.29) is 5.97 Å². The Kier molecular flexibility index (Phi) is 3.62. The summed E-state index contributed by atoms with van der Waals surface area (Å²) < 4.78 is 4.64. The van der Waals surface area contributed by atoms with Gasteiger partial charge in [-0.2, -0.15) is 0 Å². The zero-order valence-corrected chi connectivity index (χ0v) is 9.58. The average Bonchev–Trinajstić information content (AvgIpc) is 3.07. The van der Waals surface area contributed by atoms with Crippen LogP contribution in [0.2, 0.25) is 0 Å². The van der Waals surface area contributed by atoms with Crippen molar-refractivity contribution in [2.24, 2.45) is 5.92 Å². The van der Waals surface area contributed by atoms with Gasteiger partial charge in [-0.15, -0.1) is 0 Å². The van der Waals surface area contributed by atoms with Crippen LogP contribution in [-0.4, -0.2) is 37.1 Å².